The molecule has 1 aromatic rings. The Morgan fingerprint density at radius 3 is 2.96 bits per heavy atom. The molecule has 1 atom stereocenters. The Balaban J connectivity index is 1.92. The van der Waals surface area contributed by atoms with Crippen molar-refractivity contribution < 1.29 is 14.0 Å². The lowest BCUT2D eigenvalue weighted by molar-refractivity contribution is -0.121. The van der Waals surface area contributed by atoms with E-state index in [2.05, 4.69) is 5.32 Å². The van der Waals surface area contributed by atoms with Gasteiger partial charge < -0.3 is 10.2 Å². The smallest absolute Gasteiger partial charge is 0.227 e. The second-order valence-corrected chi connectivity index (χ2v) is 6.80. The second-order valence-electron chi connectivity index (χ2n) is 5.82. The van der Waals surface area contributed by atoms with E-state index < -0.39 is 0 Å². The third-order valence-corrected chi connectivity index (χ3v) is 4.61. The number of nitrogens with one attached hydrogen (secondary N) is 1. The van der Waals surface area contributed by atoms with E-state index in [9.17, 15) is 14.0 Å². The summed E-state index contributed by atoms with van der Waals surface area (Å²) in [5, 5.41) is 2.95. The van der Waals surface area contributed by atoms with Crippen molar-refractivity contribution in [3.63, 3.8) is 0 Å². The maximum Gasteiger partial charge on any atom is 0.227 e. The van der Waals surface area contributed by atoms with E-state index >= 15 is 0 Å². The Morgan fingerprint density at radius 2 is 2.22 bits per heavy atom. The molecule has 1 N–H and O–H groups in total. The van der Waals surface area contributed by atoms with Crippen LogP contribution in [0.2, 0.25) is 0 Å². The molecule has 1 heterocycles. The van der Waals surface area contributed by atoms with E-state index in [-0.39, 0.29) is 30.1 Å². The van der Waals surface area contributed by atoms with Gasteiger partial charge in [-0.05, 0) is 55.5 Å². The first kappa shape index (κ1) is 17.8. The molecular weight excluding hydrogens is 315 g/mol. The van der Waals surface area contributed by atoms with Crippen LogP contribution < -0.4 is 10.2 Å². The van der Waals surface area contributed by atoms with Crippen LogP contribution in [0.3, 0.4) is 0 Å². The summed E-state index contributed by atoms with van der Waals surface area (Å²) in [6.07, 6.45) is 4.14. The Kier molecular flexibility index (Phi) is 6.45. The van der Waals surface area contributed by atoms with Gasteiger partial charge in [0, 0.05) is 31.1 Å². The van der Waals surface area contributed by atoms with Gasteiger partial charge in [-0.15, -0.1) is 0 Å². The van der Waals surface area contributed by atoms with Crippen LogP contribution in [-0.2, 0) is 16.0 Å². The number of thioether (sulfide) groups is 1. The molecular formula is C17H23FN2O2S. The summed E-state index contributed by atoms with van der Waals surface area (Å²) < 4.78 is 13.3. The molecule has 4 nitrogen and oxygen atoms in total. The molecule has 1 aromatic carbocycles. The number of nitrogens with zero attached hydrogens (tertiary/aromatic N) is 1. The molecule has 0 radical (unpaired) electrons. The van der Waals surface area contributed by atoms with Crippen molar-refractivity contribution in [1.82, 2.24) is 5.32 Å². The van der Waals surface area contributed by atoms with Crippen molar-refractivity contribution in [3.8, 4) is 0 Å². The topological polar surface area (TPSA) is 49.4 Å². The highest BCUT2D eigenvalue weighted by Gasteiger charge is 2.24. The Bertz CT molecular complexity index is 580. The quantitative estimate of drug-likeness (QED) is 0.832. The Morgan fingerprint density at radius 1 is 1.43 bits per heavy atom. The maximum atomic E-state index is 13.3. The first-order valence-electron chi connectivity index (χ1n) is 7.88. The number of anilines is 1. The standard InChI is InChI=1S/C17H23FN2O2S/c1-12(8-10-23-2)19-16(21)7-9-20-15-5-4-14(18)11-13(15)3-6-17(20)22/h4-5,11-12H,3,6-10H2,1-2H3,(H,19,21)/t12-/m1/s1. The summed E-state index contributed by atoms with van der Waals surface area (Å²) >= 11 is 1.75. The molecule has 0 saturated carbocycles. The van der Waals surface area contributed by atoms with Crippen LogP contribution in [0.4, 0.5) is 10.1 Å². The molecule has 0 saturated heterocycles. The van der Waals surface area contributed by atoms with Crippen LogP contribution in [0.25, 0.3) is 0 Å². The lowest BCUT2D eigenvalue weighted by atomic mass is 10.0. The molecule has 0 fully saturated rings. The molecule has 1 aliphatic rings. The normalized spacial score (nSPS) is 15.3. The predicted octanol–water partition coefficient (Wildman–Crippen LogP) is 2.75. The largest absolute Gasteiger partial charge is 0.354 e. The van der Waals surface area contributed by atoms with E-state index in [1.807, 2.05) is 13.2 Å². The van der Waals surface area contributed by atoms with Crippen molar-refractivity contribution in [2.45, 2.75) is 38.6 Å². The van der Waals surface area contributed by atoms with Crippen molar-refractivity contribution in [1.29, 1.82) is 0 Å². The number of rotatable bonds is 7. The second kappa shape index (κ2) is 8.34. The molecule has 1 aliphatic heterocycles. The first-order chi connectivity index (χ1) is 11.0. The van der Waals surface area contributed by atoms with Gasteiger partial charge in [-0.25, -0.2) is 4.39 Å². The SMILES string of the molecule is CSCC[C@@H](C)NC(=O)CCN1C(=O)CCc2cc(F)ccc21. The zero-order valence-electron chi connectivity index (χ0n) is 13.6. The highest BCUT2D eigenvalue weighted by atomic mass is 32.2. The van der Waals surface area contributed by atoms with Gasteiger partial charge in [-0.3, -0.25) is 9.59 Å². The van der Waals surface area contributed by atoms with E-state index in [0.29, 0.717) is 19.4 Å². The fourth-order valence-corrected chi connectivity index (χ4v) is 3.29. The van der Waals surface area contributed by atoms with Crippen LogP contribution in [0.15, 0.2) is 18.2 Å². The Labute approximate surface area is 140 Å². The lowest BCUT2D eigenvalue weighted by Crippen LogP contribution is -2.40. The molecule has 0 bridgehead atoms. The fourth-order valence-electron chi connectivity index (χ4n) is 2.70. The number of hydrogen-bond donors (Lipinski definition) is 1. The zero-order valence-corrected chi connectivity index (χ0v) is 14.4. The monoisotopic (exact) mass is 338 g/mol. The third-order valence-electron chi connectivity index (χ3n) is 3.97. The number of fused-ring (bicyclic) bond motifs is 1. The minimum atomic E-state index is -0.293. The van der Waals surface area contributed by atoms with E-state index in [1.54, 1.807) is 22.7 Å². The minimum Gasteiger partial charge on any atom is -0.354 e. The van der Waals surface area contributed by atoms with Crippen LogP contribution in [0.1, 0.15) is 31.7 Å². The molecule has 0 aromatic heterocycles. The van der Waals surface area contributed by atoms with Crippen LogP contribution >= 0.6 is 11.8 Å². The summed E-state index contributed by atoms with van der Waals surface area (Å²) in [6.45, 7) is 2.32. The van der Waals surface area contributed by atoms with Gasteiger partial charge >= 0.3 is 0 Å². The molecule has 6 heteroatoms. The van der Waals surface area contributed by atoms with E-state index in [0.717, 1.165) is 23.4 Å². The molecule has 0 aliphatic carbocycles. The van der Waals surface area contributed by atoms with E-state index in [1.165, 1.54) is 12.1 Å². The maximum absolute atomic E-state index is 13.3. The van der Waals surface area contributed by atoms with Crippen LogP contribution in [0.5, 0.6) is 0 Å². The van der Waals surface area contributed by atoms with Gasteiger partial charge in [0.05, 0.1) is 0 Å². The Hall–Kier alpha value is -1.56. The number of carbonyl (C=O) groups is 2. The average molecular weight is 338 g/mol. The van der Waals surface area contributed by atoms with Crippen molar-refractivity contribution in [2.75, 3.05) is 23.5 Å². The van der Waals surface area contributed by atoms with Gasteiger partial charge in [0.2, 0.25) is 11.8 Å². The minimum absolute atomic E-state index is 0.00709. The number of hydrogen-bond acceptors (Lipinski definition) is 3. The fraction of sp³-hybridized carbons (Fsp3) is 0.529. The number of aryl methyl sites for hydroxylation is 1. The summed E-state index contributed by atoms with van der Waals surface area (Å²) in [5.41, 5.74) is 1.56. The molecule has 0 spiro atoms. The summed E-state index contributed by atoms with van der Waals surface area (Å²) in [6, 6.07) is 4.59. The number of benzene rings is 1. The summed E-state index contributed by atoms with van der Waals surface area (Å²) in [5.74, 6) is 0.650. The van der Waals surface area contributed by atoms with Crippen LogP contribution in [0, 0.1) is 5.82 Å². The highest BCUT2D eigenvalue weighted by molar-refractivity contribution is 7.98. The van der Waals surface area contributed by atoms with Crippen molar-refractivity contribution >= 4 is 29.3 Å². The molecule has 2 amide bonds. The lowest BCUT2D eigenvalue weighted by Gasteiger charge is -2.29. The van der Waals surface area contributed by atoms with Crippen molar-refractivity contribution in [3.05, 3.63) is 29.6 Å². The molecule has 2 rings (SSSR count). The molecule has 126 valence electrons. The van der Waals surface area contributed by atoms with E-state index in [4.69, 9.17) is 0 Å². The predicted molar refractivity (Wildman–Crippen MR) is 92.3 cm³/mol. The number of carbonyl (C=O) groups excluding carboxylic acids is 2. The summed E-state index contributed by atoms with van der Waals surface area (Å²) in [4.78, 5) is 25.7. The van der Waals surface area contributed by atoms with Gasteiger partial charge in [-0.2, -0.15) is 11.8 Å². The molecule has 23 heavy (non-hydrogen) atoms. The van der Waals surface area contributed by atoms with Gasteiger partial charge in [0.25, 0.3) is 0 Å². The summed E-state index contributed by atoms with van der Waals surface area (Å²) in [7, 11) is 0. The van der Waals surface area contributed by atoms with Gasteiger partial charge in [-0.1, -0.05) is 0 Å². The first-order valence-corrected chi connectivity index (χ1v) is 9.27. The highest BCUT2D eigenvalue weighted by Crippen LogP contribution is 2.28. The third kappa shape index (κ3) is 4.96. The number of halogens is 1. The van der Waals surface area contributed by atoms with Gasteiger partial charge in [0.1, 0.15) is 5.82 Å². The van der Waals surface area contributed by atoms with Crippen LogP contribution in [-0.4, -0.2) is 36.4 Å². The average Bonchev–Trinajstić information content (AvgIpc) is 2.52. The number of amides is 2. The zero-order chi connectivity index (χ0) is 16.8. The van der Waals surface area contributed by atoms with Gasteiger partial charge in [0.15, 0.2) is 0 Å². The molecule has 0 unspecified atom stereocenters. The van der Waals surface area contributed by atoms with Crippen molar-refractivity contribution in [2.24, 2.45) is 0 Å².